The fourth-order valence-corrected chi connectivity index (χ4v) is 3.34. The summed E-state index contributed by atoms with van der Waals surface area (Å²) in [6, 6.07) is 12.3. The summed E-state index contributed by atoms with van der Waals surface area (Å²) in [6.45, 7) is 3.64. The number of piperidine rings is 1. The van der Waals surface area contributed by atoms with Crippen LogP contribution in [0.1, 0.15) is 28.8 Å². The van der Waals surface area contributed by atoms with E-state index in [-0.39, 0.29) is 17.4 Å². The third-order valence-corrected chi connectivity index (χ3v) is 4.90. The number of ketones is 1. The number of nitrogens with zero attached hydrogens (tertiary/aromatic N) is 2. The van der Waals surface area contributed by atoms with Crippen molar-refractivity contribution in [2.75, 3.05) is 25.5 Å². The molecule has 6 nitrogen and oxygen atoms in total. The van der Waals surface area contributed by atoms with E-state index in [1.54, 1.807) is 18.2 Å². The number of nitrogens with one attached hydrogen (secondary N) is 1. The van der Waals surface area contributed by atoms with Gasteiger partial charge in [-0.1, -0.05) is 18.2 Å². The Hall–Kier alpha value is -2.73. The van der Waals surface area contributed by atoms with Gasteiger partial charge in [-0.2, -0.15) is 0 Å². The van der Waals surface area contributed by atoms with Gasteiger partial charge in [0.25, 0.3) is 5.69 Å². The Bertz CT molecular complexity index is 827. The molecule has 1 fully saturated rings. The molecule has 1 aliphatic heterocycles. The lowest BCUT2D eigenvalue weighted by molar-refractivity contribution is -0.384. The third-order valence-electron chi connectivity index (χ3n) is 4.90. The number of carbonyl (C=O) groups excluding carboxylic acids is 1. The first-order chi connectivity index (χ1) is 12.5. The molecule has 136 valence electrons. The van der Waals surface area contributed by atoms with Gasteiger partial charge in [-0.3, -0.25) is 14.9 Å². The Kier molecular flexibility index (Phi) is 5.32. The Balaban J connectivity index is 1.89. The maximum atomic E-state index is 13.0. The highest BCUT2D eigenvalue weighted by atomic mass is 16.6. The average Bonchev–Trinajstić information content (AvgIpc) is 2.63. The summed E-state index contributed by atoms with van der Waals surface area (Å²) >= 11 is 0. The monoisotopic (exact) mass is 353 g/mol. The number of carbonyl (C=O) groups is 1. The van der Waals surface area contributed by atoms with E-state index in [1.807, 2.05) is 25.1 Å². The van der Waals surface area contributed by atoms with Crippen LogP contribution >= 0.6 is 0 Å². The Morgan fingerprint density at radius 3 is 2.54 bits per heavy atom. The number of nitro benzene ring substituents is 1. The van der Waals surface area contributed by atoms with Gasteiger partial charge in [0.05, 0.1) is 4.92 Å². The number of para-hydroxylation sites is 1. The Labute approximate surface area is 153 Å². The van der Waals surface area contributed by atoms with Crippen LogP contribution in [0.3, 0.4) is 0 Å². The van der Waals surface area contributed by atoms with Crippen LogP contribution in [-0.2, 0) is 0 Å². The second-order valence-electron chi connectivity index (χ2n) is 6.89. The van der Waals surface area contributed by atoms with E-state index in [4.69, 9.17) is 0 Å². The molecule has 3 rings (SSSR count). The van der Waals surface area contributed by atoms with Crippen LogP contribution in [0.4, 0.5) is 17.1 Å². The van der Waals surface area contributed by atoms with Crippen LogP contribution in [0, 0.1) is 23.0 Å². The minimum absolute atomic E-state index is 0.00199. The van der Waals surface area contributed by atoms with E-state index in [0.717, 1.165) is 31.5 Å². The van der Waals surface area contributed by atoms with Crippen LogP contribution in [0.25, 0.3) is 0 Å². The molecule has 0 atom stereocenters. The standard InChI is InChI=1S/C20H23N3O3/c1-14-7-8-18(19(13-14)23(25)26)21-17-6-4-3-5-16(17)20(24)15-9-11-22(2)12-10-15/h3-8,13,15,21H,9-12H2,1-2H3. The number of anilines is 2. The zero-order chi connectivity index (χ0) is 18.7. The van der Waals surface area contributed by atoms with E-state index in [2.05, 4.69) is 17.3 Å². The average molecular weight is 353 g/mol. The van der Waals surface area contributed by atoms with Gasteiger partial charge >= 0.3 is 0 Å². The molecule has 1 aliphatic rings. The molecule has 0 radical (unpaired) electrons. The highest BCUT2D eigenvalue weighted by molar-refractivity contribution is 6.03. The van der Waals surface area contributed by atoms with Crippen LogP contribution < -0.4 is 5.32 Å². The van der Waals surface area contributed by atoms with Gasteiger partial charge in [0.1, 0.15) is 5.69 Å². The van der Waals surface area contributed by atoms with Crippen LogP contribution in [0.15, 0.2) is 42.5 Å². The smallest absolute Gasteiger partial charge is 0.292 e. The van der Waals surface area contributed by atoms with E-state index < -0.39 is 4.92 Å². The lowest BCUT2D eigenvalue weighted by atomic mass is 9.88. The van der Waals surface area contributed by atoms with Crippen molar-refractivity contribution in [1.82, 2.24) is 4.90 Å². The maximum Gasteiger partial charge on any atom is 0.292 e. The molecule has 1 N–H and O–H groups in total. The predicted molar refractivity (Wildman–Crippen MR) is 102 cm³/mol. The Morgan fingerprint density at radius 1 is 1.15 bits per heavy atom. The normalized spacial score (nSPS) is 15.6. The molecule has 0 spiro atoms. The number of likely N-dealkylation sites (tertiary alicyclic amines) is 1. The van der Waals surface area contributed by atoms with Crippen molar-refractivity contribution in [1.29, 1.82) is 0 Å². The predicted octanol–water partition coefficient (Wildman–Crippen LogP) is 4.17. The van der Waals surface area contributed by atoms with Crippen molar-refractivity contribution in [2.24, 2.45) is 5.92 Å². The van der Waals surface area contributed by atoms with E-state index in [1.165, 1.54) is 6.07 Å². The minimum Gasteiger partial charge on any atom is -0.349 e. The van der Waals surface area contributed by atoms with Gasteiger partial charge in [0.2, 0.25) is 0 Å². The number of rotatable bonds is 5. The molecule has 2 aromatic carbocycles. The molecular weight excluding hydrogens is 330 g/mol. The molecule has 1 heterocycles. The molecule has 0 unspecified atom stereocenters. The van der Waals surface area contributed by atoms with Crippen molar-refractivity contribution < 1.29 is 9.72 Å². The number of hydrogen-bond donors (Lipinski definition) is 1. The van der Waals surface area contributed by atoms with Crippen molar-refractivity contribution in [2.45, 2.75) is 19.8 Å². The molecule has 2 aromatic rings. The molecule has 0 aromatic heterocycles. The first-order valence-corrected chi connectivity index (χ1v) is 8.79. The van der Waals surface area contributed by atoms with Crippen molar-refractivity contribution in [3.63, 3.8) is 0 Å². The number of benzene rings is 2. The van der Waals surface area contributed by atoms with E-state index in [9.17, 15) is 14.9 Å². The van der Waals surface area contributed by atoms with Gasteiger partial charge in [-0.05, 0) is 63.7 Å². The summed E-state index contributed by atoms with van der Waals surface area (Å²) in [5.74, 6) is 0.109. The third kappa shape index (κ3) is 3.91. The largest absolute Gasteiger partial charge is 0.349 e. The van der Waals surface area contributed by atoms with Gasteiger partial charge in [-0.15, -0.1) is 0 Å². The molecule has 26 heavy (non-hydrogen) atoms. The first kappa shape index (κ1) is 18.1. The van der Waals surface area contributed by atoms with E-state index in [0.29, 0.717) is 16.9 Å². The molecule has 0 amide bonds. The van der Waals surface area contributed by atoms with Gasteiger partial charge in [-0.25, -0.2) is 0 Å². The number of hydrogen-bond acceptors (Lipinski definition) is 5. The zero-order valence-corrected chi connectivity index (χ0v) is 15.1. The second-order valence-corrected chi connectivity index (χ2v) is 6.89. The quantitative estimate of drug-likeness (QED) is 0.496. The molecular formula is C20H23N3O3. The molecule has 0 aliphatic carbocycles. The summed E-state index contributed by atoms with van der Waals surface area (Å²) in [5, 5.41) is 14.5. The summed E-state index contributed by atoms with van der Waals surface area (Å²) in [4.78, 5) is 26.2. The van der Waals surface area contributed by atoms with Crippen LogP contribution in [-0.4, -0.2) is 35.7 Å². The van der Waals surface area contributed by atoms with Gasteiger partial charge in [0, 0.05) is 23.2 Å². The number of Topliss-reactive ketones (excluding diaryl/α,β-unsaturated/α-hetero) is 1. The topological polar surface area (TPSA) is 75.5 Å². The fraction of sp³-hybridized carbons (Fsp3) is 0.350. The fourth-order valence-electron chi connectivity index (χ4n) is 3.34. The number of aryl methyl sites for hydroxylation is 1. The van der Waals surface area contributed by atoms with Crippen molar-refractivity contribution in [3.05, 3.63) is 63.7 Å². The minimum atomic E-state index is -0.406. The summed E-state index contributed by atoms with van der Waals surface area (Å²) in [5.41, 5.74) is 2.43. The van der Waals surface area contributed by atoms with Gasteiger partial charge < -0.3 is 10.2 Å². The lowest BCUT2D eigenvalue weighted by Gasteiger charge is -2.28. The van der Waals surface area contributed by atoms with E-state index >= 15 is 0 Å². The highest BCUT2D eigenvalue weighted by Gasteiger charge is 2.26. The van der Waals surface area contributed by atoms with Crippen molar-refractivity contribution >= 4 is 22.8 Å². The molecule has 6 heteroatoms. The van der Waals surface area contributed by atoms with Crippen molar-refractivity contribution in [3.8, 4) is 0 Å². The lowest BCUT2D eigenvalue weighted by Crippen LogP contribution is -2.33. The molecule has 0 saturated carbocycles. The highest BCUT2D eigenvalue weighted by Crippen LogP contribution is 2.32. The first-order valence-electron chi connectivity index (χ1n) is 8.79. The van der Waals surface area contributed by atoms with Crippen LogP contribution in [0.2, 0.25) is 0 Å². The summed E-state index contributed by atoms with van der Waals surface area (Å²) < 4.78 is 0. The maximum absolute atomic E-state index is 13.0. The summed E-state index contributed by atoms with van der Waals surface area (Å²) in [7, 11) is 2.06. The number of nitro groups is 1. The molecule has 1 saturated heterocycles. The SMILES string of the molecule is Cc1ccc(Nc2ccccc2C(=O)C2CCN(C)CC2)c([N+](=O)[O-])c1. The summed E-state index contributed by atoms with van der Waals surface area (Å²) in [6.07, 6.45) is 1.68. The Morgan fingerprint density at radius 2 is 1.85 bits per heavy atom. The zero-order valence-electron chi connectivity index (χ0n) is 15.1. The van der Waals surface area contributed by atoms with Crippen LogP contribution in [0.5, 0.6) is 0 Å². The second kappa shape index (κ2) is 7.66. The van der Waals surface area contributed by atoms with Gasteiger partial charge in [0.15, 0.2) is 5.78 Å². The molecule has 0 bridgehead atoms.